The van der Waals surface area contributed by atoms with E-state index in [0.29, 0.717) is 18.0 Å². The molecule has 0 saturated carbocycles. The van der Waals surface area contributed by atoms with Gasteiger partial charge in [-0.25, -0.2) is 4.98 Å². The summed E-state index contributed by atoms with van der Waals surface area (Å²) in [4.78, 5) is 16.6. The van der Waals surface area contributed by atoms with Gasteiger partial charge in [-0.15, -0.1) is 11.3 Å². The first-order chi connectivity index (χ1) is 12.1. The van der Waals surface area contributed by atoms with E-state index in [4.69, 9.17) is 11.6 Å². The van der Waals surface area contributed by atoms with Crippen molar-refractivity contribution in [2.24, 2.45) is 0 Å². The lowest BCUT2D eigenvalue weighted by Gasteiger charge is -2.05. The average molecular weight is 436 g/mol. The summed E-state index contributed by atoms with van der Waals surface area (Å²) in [5.74, 6) is -0.0203. The molecule has 1 heterocycles. The van der Waals surface area contributed by atoms with Gasteiger partial charge in [0.15, 0.2) is 0 Å². The van der Waals surface area contributed by atoms with Crippen molar-refractivity contribution in [2.75, 3.05) is 6.54 Å². The minimum Gasteiger partial charge on any atom is -0.355 e. The Hall–Kier alpha value is -1.69. The second-order valence-electron chi connectivity index (χ2n) is 5.56. The first-order valence-corrected chi connectivity index (χ1v) is 9.87. The minimum absolute atomic E-state index is 0.0203. The molecule has 2 aromatic carbocycles. The van der Waals surface area contributed by atoms with E-state index < -0.39 is 0 Å². The Morgan fingerprint density at radius 3 is 2.84 bits per heavy atom. The molecule has 25 heavy (non-hydrogen) atoms. The molecule has 0 bridgehead atoms. The number of thiazole rings is 1. The molecule has 0 aliphatic heterocycles. The summed E-state index contributed by atoms with van der Waals surface area (Å²) >= 11 is 11.0. The molecule has 0 spiro atoms. The smallest absolute Gasteiger partial charge is 0.226 e. The molecular formula is C19H16BrClN2OS. The lowest BCUT2D eigenvalue weighted by Crippen LogP contribution is -2.27. The molecule has 0 atom stereocenters. The Morgan fingerprint density at radius 2 is 2.04 bits per heavy atom. The number of nitrogens with one attached hydrogen (secondary N) is 1. The van der Waals surface area contributed by atoms with Crippen LogP contribution in [0.2, 0.25) is 5.02 Å². The molecule has 0 aliphatic rings. The van der Waals surface area contributed by atoms with Crippen LogP contribution in [0.5, 0.6) is 0 Å². The quantitative estimate of drug-likeness (QED) is 0.583. The fraction of sp³-hybridized carbons (Fsp3) is 0.158. The van der Waals surface area contributed by atoms with Gasteiger partial charge in [0, 0.05) is 27.0 Å². The van der Waals surface area contributed by atoms with Gasteiger partial charge in [0.05, 0.1) is 12.1 Å². The van der Waals surface area contributed by atoms with Gasteiger partial charge < -0.3 is 5.32 Å². The molecule has 3 aromatic rings. The molecule has 0 fully saturated rings. The molecular weight excluding hydrogens is 420 g/mol. The van der Waals surface area contributed by atoms with Crippen LogP contribution in [0.1, 0.15) is 11.3 Å². The van der Waals surface area contributed by atoms with E-state index >= 15 is 0 Å². The fourth-order valence-electron chi connectivity index (χ4n) is 2.41. The summed E-state index contributed by atoms with van der Waals surface area (Å²) in [6.07, 6.45) is 1.05. The van der Waals surface area contributed by atoms with Crippen LogP contribution in [-0.2, 0) is 17.6 Å². The highest BCUT2D eigenvalue weighted by atomic mass is 79.9. The Labute approximate surface area is 164 Å². The number of benzene rings is 2. The number of carbonyl (C=O) groups is 1. The van der Waals surface area contributed by atoms with Gasteiger partial charge in [-0.05, 0) is 36.2 Å². The molecule has 0 unspecified atom stereocenters. The molecule has 3 nitrogen and oxygen atoms in total. The van der Waals surface area contributed by atoms with Crippen molar-refractivity contribution in [1.82, 2.24) is 10.3 Å². The maximum absolute atomic E-state index is 12.1. The lowest BCUT2D eigenvalue weighted by atomic mass is 10.1. The van der Waals surface area contributed by atoms with Crippen molar-refractivity contribution in [3.63, 3.8) is 0 Å². The summed E-state index contributed by atoms with van der Waals surface area (Å²) < 4.78 is 1.01. The number of nitrogens with zero attached hydrogens (tertiary/aromatic N) is 1. The van der Waals surface area contributed by atoms with Crippen molar-refractivity contribution < 1.29 is 4.79 Å². The number of aromatic nitrogens is 1. The molecule has 128 valence electrons. The molecule has 3 rings (SSSR count). The second-order valence-corrected chi connectivity index (χ2v) is 7.77. The molecule has 1 amide bonds. The molecule has 0 radical (unpaired) electrons. The third-order valence-corrected chi connectivity index (χ3v) is 5.26. The summed E-state index contributed by atoms with van der Waals surface area (Å²) in [6, 6.07) is 15.7. The van der Waals surface area contributed by atoms with Gasteiger partial charge in [-0.3, -0.25) is 4.79 Å². The van der Waals surface area contributed by atoms with E-state index in [9.17, 15) is 4.79 Å². The van der Waals surface area contributed by atoms with Crippen LogP contribution in [0, 0.1) is 0 Å². The monoisotopic (exact) mass is 434 g/mol. The van der Waals surface area contributed by atoms with Crippen LogP contribution in [0.15, 0.2) is 58.4 Å². The Kier molecular flexibility index (Phi) is 6.24. The maximum atomic E-state index is 12.1. The summed E-state index contributed by atoms with van der Waals surface area (Å²) in [5.41, 5.74) is 2.95. The normalized spacial score (nSPS) is 10.6. The van der Waals surface area contributed by atoms with Crippen LogP contribution in [0.4, 0.5) is 0 Å². The topological polar surface area (TPSA) is 42.0 Å². The highest BCUT2D eigenvalue weighted by Crippen LogP contribution is 2.26. The zero-order valence-corrected chi connectivity index (χ0v) is 16.5. The Balaban J connectivity index is 1.51. The second kappa shape index (κ2) is 8.61. The summed E-state index contributed by atoms with van der Waals surface area (Å²) in [7, 11) is 0. The van der Waals surface area contributed by atoms with Crippen LogP contribution >= 0.6 is 38.9 Å². The SMILES string of the molecule is O=C(Cc1csc(-c2cccc(Br)c2)n1)NCCc1cccc(Cl)c1. The molecule has 1 aromatic heterocycles. The molecule has 1 N–H and O–H groups in total. The summed E-state index contributed by atoms with van der Waals surface area (Å²) in [5, 5.41) is 6.50. The fourth-order valence-corrected chi connectivity index (χ4v) is 3.84. The van der Waals surface area contributed by atoms with Crippen molar-refractivity contribution in [2.45, 2.75) is 12.8 Å². The van der Waals surface area contributed by atoms with E-state index in [1.807, 2.05) is 53.9 Å². The van der Waals surface area contributed by atoms with E-state index in [0.717, 1.165) is 32.7 Å². The largest absolute Gasteiger partial charge is 0.355 e. The summed E-state index contributed by atoms with van der Waals surface area (Å²) in [6.45, 7) is 0.585. The van der Waals surface area contributed by atoms with Crippen molar-refractivity contribution in [3.05, 3.63) is 74.7 Å². The van der Waals surface area contributed by atoms with Crippen LogP contribution < -0.4 is 5.32 Å². The number of amides is 1. The standard InChI is InChI=1S/C19H16BrClN2OS/c20-15-5-2-4-14(10-15)19-23-17(12-25-19)11-18(24)22-8-7-13-3-1-6-16(21)9-13/h1-6,9-10,12H,7-8,11H2,(H,22,24). The number of carbonyl (C=O) groups excluding carboxylic acids is 1. The van der Waals surface area contributed by atoms with Gasteiger partial charge in [0.1, 0.15) is 5.01 Å². The predicted molar refractivity (Wildman–Crippen MR) is 107 cm³/mol. The highest BCUT2D eigenvalue weighted by Gasteiger charge is 2.09. The number of hydrogen-bond donors (Lipinski definition) is 1. The van der Waals surface area contributed by atoms with Gasteiger partial charge in [0.2, 0.25) is 5.91 Å². The van der Waals surface area contributed by atoms with Crippen LogP contribution in [0.25, 0.3) is 10.6 Å². The van der Waals surface area contributed by atoms with Crippen molar-refractivity contribution in [1.29, 1.82) is 0 Å². The van der Waals surface area contributed by atoms with Gasteiger partial charge >= 0.3 is 0 Å². The molecule has 6 heteroatoms. The Morgan fingerprint density at radius 1 is 1.20 bits per heavy atom. The zero-order chi connectivity index (χ0) is 17.6. The van der Waals surface area contributed by atoms with Crippen LogP contribution in [-0.4, -0.2) is 17.4 Å². The van der Waals surface area contributed by atoms with Crippen LogP contribution in [0.3, 0.4) is 0 Å². The number of hydrogen-bond acceptors (Lipinski definition) is 3. The predicted octanol–water partition coefficient (Wildman–Crippen LogP) is 5.13. The minimum atomic E-state index is -0.0203. The molecule has 0 aliphatic carbocycles. The lowest BCUT2D eigenvalue weighted by molar-refractivity contribution is -0.120. The van der Waals surface area contributed by atoms with E-state index in [2.05, 4.69) is 26.2 Å². The highest BCUT2D eigenvalue weighted by molar-refractivity contribution is 9.10. The number of halogens is 2. The number of rotatable bonds is 6. The Bertz CT molecular complexity index is 881. The van der Waals surface area contributed by atoms with Crippen molar-refractivity contribution >= 4 is 44.8 Å². The van der Waals surface area contributed by atoms with Gasteiger partial charge in [0.25, 0.3) is 0 Å². The van der Waals surface area contributed by atoms with E-state index in [1.165, 1.54) is 0 Å². The molecule has 0 saturated heterocycles. The van der Waals surface area contributed by atoms with Gasteiger partial charge in [-0.1, -0.05) is 51.8 Å². The van der Waals surface area contributed by atoms with Gasteiger partial charge in [-0.2, -0.15) is 0 Å². The third-order valence-electron chi connectivity index (χ3n) is 3.59. The van der Waals surface area contributed by atoms with E-state index in [-0.39, 0.29) is 5.91 Å². The maximum Gasteiger partial charge on any atom is 0.226 e. The average Bonchev–Trinajstić information content (AvgIpc) is 3.03. The van der Waals surface area contributed by atoms with Crippen molar-refractivity contribution in [3.8, 4) is 10.6 Å². The first-order valence-electron chi connectivity index (χ1n) is 7.81. The van der Waals surface area contributed by atoms with E-state index in [1.54, 1.807) is 11.3 Å². The first kappa shape index (κ1) is 18.1. The third kappa shape index (κ3) is 5.39. The zero-order valence-electron chi connectivity index (χ0n) is 13.3.